The minimum atomic E-state index is -3.53. The van der Waals surface area contributed by atoms with Gasteiger partial charge in [0.05, 0.1) is 18.1 Å². The van der Waals surface area contributed by atoms with Crippen LogP contribution in [0, 0.1) is 6.92 Å². The van der Waals surface area contributed by atoms with Crippen molar-refractivity contribution >= 4 is 27.4 Å². The van der Waals surface area contributed by atoms with Crippen LogP contribution in [-0.2, 0) is 21.2 Å². The first kappa shape index (κ1) is 16.9. The number of fused-ring (bicyclic) bond motifs is 1. The Hall–Kier alpha value is -1.54. The zero-order valence-electron chi connectivity index (χ0n) is 14.0. The van der Waals surface area contributed by atoms with Crippen molar-refractivity contribution < 1.29 is 13.2 Å². The third-order valence-corrected chi connectivity index (χ3v) is 7.76. The van der Waals surface area contributed by atoms with Crippen molar-refractivity contribution in [1.82, 2.24) is 9.29 Å². The van der Waals surface area contributed by atoms with Crippen LogP contribution in [0.4, 0.5) is 0 Å². The van der Waals surface area contributed by atoms with Crippen LogP contribution in [0.1, 0.15) is 34.3 Å². The van der Waals surface area contributed by atoms with E-state index in [4.69, 9.17) is 4.74 Å². The number of nitrogens with zero attached hydrogens (tertiary/aromatic N) is 2. The van der Waals surface area contributed by atoms with E-state index in [1.807, 2.05) is 36.6 Å². The standard InChI is InChI=1S/C18H20N2O3S2/c1-13-12-24-18(19-13)17-11-23-9-8-20(17)25(21,22)16-7-6-14-4-2-3-5-15(14)10-16/h2-5,10,12,17H,6-9,11H2,1H3. The number of aromatic nitrogens is 1. The van der Waals surface area contributed by atoms with Gasteiger partial charge in [-0.1, -0.05) is 24.3 Å². The summed E-state index contributed by atoms with van der Waals surface area (Å²) in [7, 11) is -3.53. The van der Waals surface area contributed by atoms with Gasteiger partial charge in [0.15, 0.2) is 0 Å². The highest BCUT2D eigenvalue weighted by atomic mass is 32.2. The Balaban J connectivity index is 1.70. The maximum absolute atomic E-state index is 13.3. The van der Waals surface area contributed by atoms with Gasteiger partial charge in [0.2, 0.25) is 10.0 Å². The Morgan fingerprint density at radius 3 is 2.92 bits per heavy atom. The van der Waals surface area contributed by atoms with Crippen molar-refractivity contribution in [2.24, 2.45) is 0 Å². The Kier molecular flexibility index (Phi) is 4.49. The molecule has 1 fully saturated rings. The molecular weight excluding hydrogens is 356 g/mol. The number of rotatable bonds is 3. The van der Waals surface area contributed by atoms with Crippen molar-refractivity contribution in [3.8, 4) is 0 Å². The summed E-state index contributed by atoms with van der Waals surface area (Å²) >= 11 is 1.49. The topological polar surface area (TPSA) is 59.5 Å². The molecule has 0 amide bonds. The largest absolute Gasteiger partial charge is 0.378 e. The van der Waals surface area contributed by atoms with Gasteiger partial charge >= 0.3 is 0 Å². The van der Waals surface area contributed by atoms with E-state index in [-0.39, 0.29) is 6.04 Å². The molecule has 2 aromatic rings. The van der Waals surface area contributed by atoms with Gasteiger partial charge in [0.25, 0.3) is 0 Å². The minimum Gasteiger partial charge on any atom is -0.378 e. The summed E-state index contributed by atoms with van der Waals surface area (Å²) < 4.78 is 33.8. The molecule has 7 heteroatoms. The zero-order valence-corrected chi connectivity index (χ0v) is 15.6. The van der Waals surface area contributed by atoms with Crippen LogP contribution in [0.5, 0.6) is 0 Å². The molecule has 0 N–H and O–H groups in total. The first-order valence-electron chi connectivity index (χ1n) is 8.36. The average molecular weight is 377 g/mol. The summed E-state index contributed by atoms with van der Waals surface area (Å²) in [6.45, 7) is 3.06. The van der Waals surface area contributed by atoms with Gasteiger partial charge in [-0.25, -0.2) is 13.4 Å². The molecular formula is C18H20N2O3S2. The maximum atomic E-state index is 13.3. The molecule has 4 rings (SSSR count). The molecule has 1 saturated heterocycles. The molecule has 25 heavy (non-hydrogen) atoms. The Morgan fingerprint density at radius 1 is 1.28 bits per heavy atom. The highest BCUT2D eigenvalue weighted by Gasteiger charge is 2.38. The molecule has 1 aromatic heterocycles. The fourth-order valence-corrected chi connectivity index (χ4v) is 6.06. The van der Waals surface area contributed by atoms with Crippen LogP contribution in [0.15, 0.2) is 34.6 Å². The maximum Gasteiger partial charge on any atom is 0.240 e. The number of thiazole rings is 1. The summed E-state index contributed by atoms with van der Waals surface area (Å²) in [6.07, 6.45) is 3.13. The van der Waals surface area contributed by atoms with Gasteiger partial charge in [-0.3, -0.25) is 0 Å². The van der Waals surface area contributed by atoms with Crippen molar-refractivity contribution in [3.05, 3.63) is 56.4 Å². The quantitative estimate of drug-likeness (QED) is 0.826. The molecule has 0 saturated carbocycles. The average Bonchev–Trinajstić information content (AvgIpc) is 3.07. The molecule has 1 aromatic carbocycles. The summed E-state index contributed by atoms with van der Waals surface area (Å²) in [5, 5.41) is 2.75. The lowest BCUT2D eigenvalue weighted by Crippen LogP contribution is -2.44. The van der Waals surface area contributed by atoms with Crippen molar-refractivity contribution in [2.45, 2.75) is 25.8 Å². The van der Waals surface area contributed by atoms with Crippen LogP contribution in [0.3, 0.4) is 0 Å². The molecule has 2 heterocycles. The van der Waals surface area contributed by atoms with E-state index < -0.39 is 10.0 Å². The van der Waals surface area contributed by atoms with Gasteiger partial charge in [-0.05, 0) is 37.0 Å². The van der Waals surface area contributed by atoms with Crippen molar-refractivity contribution in [3.63, 3.8) is 0 Å². The number of hydrogen-bond acceptors (Lipinski definition) is 5. The lowest BCUT2D eigenvalue weighted by Gasteiger charge is -2.34. The number of ether oxygens (including phenoxy) is 1. The fraction of sp³-hybridized carbons (Fsp3) is 0.389. The highest BCUT2D eigenvalue weighted by molar-refractivity contribution is 7.93. The number of morpholine rings is 1. The summed E-state index contributed by atoms with van der Waals surface area (Å²) in [4.78, 5) is 4.98. The fourth-order valence-electron chi connectivity index (χ4n) is 3.36. The van der Waals surface area contributed by atoms with Gasteiger partial charge < -0.3 is 4.74 Å². The second-order valence-electron chi connectivity index (χ2n) is 6.34. The molecule has 1 atom stereocenters. The number of hydrogen-bond donors (Lipinski definition) is 0. The number of aryl methyl sites for hydroxylation is 2. The van der Waals surface area contributed by atoms with Crippen molar-refractivity contribution in [1.29, 1.82) is 0 Å². The molecule has 0 bridgehead atoms. The molecule has 1 aliphatic heterocycles. The Labute approximate surface area is 152 Å². The van der Waals surface area contributed by atoms with Crippen molar-refractivity contribution in [2.75, 3.05) is 19.8 Å². The summed E-state index contributed by atoms with van der Waals surface area (Å²) in [6, 6.07) is 7.64. The first-order chi connectivity index (χ1) is 12.1. The van der Waals surface area contributed by atoms with E-state index in [2.05, 4.69) is 11.1 Å². The number of allylic oxidation sites excluding steroid dienone is 1. The minimum absolute atomic E-state index is 0.337. The second kappa shape index (κ2) is 6.64. The van der Waals surface area contributed by atoms with Gasteiger partial charge in [-0.15, -0.1) is 11.3 Å². The van der Waals surface area contributed by atoms with E-state index in [0.717, 1.165) is 22.7 Å². The third kappa shape index (κ3) is 3.17. The van der Waals surface area contributed by atoms with Gasteiger partial charge in [0, 0.05) is 17.6 Å². The van der Waals surface area contributed by atoms with Crippen LogP contribution in [0.25, 0.3) is 6.08 Å². The molecule has 0 spiro atoms. The predicted octanol–water partition coefficient (Wildman–Crippen LogP) is 3.14. The number of sulfonamides is 1. The van der Waals surface area contributed by atoms with E-state index in [0.29, 0.717) is 31.1 Å². The number of benzene rings is 1. The normalized spacial score (nSPS) is 21.6. The zero-order chi connectivity index (χ0) is 17.4. The Morgan fingerprint density at radius 2 is 2.12 bits per heavy atom. The lowest BCUT2D eigenvalue weighted by molar-refractivity contribution is 0.0323. The SMILES string of the molecule is Cc1csc(C2COCCN2S(=O)(=O)C2=Cc3ccccc3CC2)n1. The molecule has 1 aliphatic carbocycles. The van der Waals surface area contributed by atoms with Crippen LogP contribution in [0.2, 0.25) is 0 Å². The van der Waals surface area contributed by atoms with Crippen LogP contribution >= 0.6 is 11.3 Å². The van der Waals surface area contributed by atoms with Crippen LogP contribution in [-0.4, -0.2) is 37.5 Å². The highest BCUT2D eigenvalue weighted by Crippen LogP contribution is 2.35. The monoisotopic (exact) mass is 376 g/mol. The Bertz CT molecular complexity index is 918. The van der Waals surface area contributed by atoms with Gasteiger partial charge in [-0.2, -0.15) is 4.31 Å². The molecule has 1 unspecified atom stereocenters. The lowest BCUT2D eigenvalue weighted by atomic mass is 9.98. The second-order valence-corrected chi connectivity index (χ2v) is 9.18. The van der Waals surface area contributed by atoms with Gasteiger partial charge in [0.1, 0.15) is 11.0 Å². The predicted molar refractivity (Wildman–Crippen MR) is 98.8 cm³/mol. The molecule has 5 nitrogen and oxygen atoms in total. The van der Waals surface area contributed by atoms with E-state index in [1.54, 1.807) is 4.31 Å². The summed E-state index contributed by atoms with van der Waals surface area (Å²) in [5.74, 6) is 0. The van der Waals surface area contributed by atoms with Crippen LogP contribution < -0.4 is 0 Å². The molecule has 0 radical (unpaired) electrons. The summed E-state index contributed by atoms with van der Waals surface area (Å²) in [5.41, 5.74) is 3.12. The first-order valence-corrected chi connectivity index (χ1v) is 10.7. The smallest absolute Gasteiger partial charge is 0.240 e. The molecule has 2 aliphatic rings. The third-order valence-electron chi connectivity index (χ3n) is 4.65. The molecule has 132 valence electrons. The van der Waals surface area contributed by atoms with E-state index in [1.165, 1.54) is 16.9 Å². The van der Waals surface area contributed by atoms with E-state index >= 15 is 0 Å². The van der Waals surface area contributed by atoms with E-state index in [9.17, 15) is 8.42 Å².